The number of benzene rings is 5. The summed E-state index contributed by atoms with van der Waals surface area (Å²) in [4.78, 5) is 25.7. The van der Waals surface area contributed by atoms with Gasteiger partial charge in [-0.2, -0.15) is 0 Å². The molecule has 0 bridgehead atoms. The van der Waals surface area contributed by atoms with Gasteiger partial charge in [-0.15, -0.1) is 11.3 Å². The predicted molar refractivity (Wildman–Crippen MR) is 129 cm³/mol. The van der Waals surface area contributed by atoms with Gasteiger partial charge < -0.3 is 4.74 Å². The second-order valence-corrected chi connectivity index (χ2v) is 8.70. The Morgan fingerprint density at radius 3 is 2.23 bits per heavy atom. The average Bonchev–Trinajstić information content (AvgIpc) is 2.79. The fourth-order valence-electron chi connectivity index (χ4n) is 4.54. The van der Waals surface area contributed by atoms with E-state index in [4.69, 9.17) is 4.74 Å². The standard InChI is InChI=1S/C27H16O3S/c1-15(28)30-27-20-13-14-22-25-18(17-9-5-6-10-21(17)31-22)11-12-19(24(20)25)26(29)23(27)16-7-3-2-4-8-16/h2-14H,1H3. The highest BCUT2D eigenvalue weighted by atomic mass is 32.1. The van der Waals surface area contributed by atoms with Crippen molar-refractivity contribution in [3.05, 3.63) is 89.1 Å². The third-order valence-corrected chi connectivity index (χ3v) is 6.91. The van der Waals surface area contributed by atoms with Gasteiger partial charge in [0.1, 0.15) is 5.75 Å². The molecule has 31 heavy (non-hydrogen) atoms. The Morgan fingerprint density at radius 1 is 0.710 bits per heavy atom. The first-order valence-corrected chi connectivity index (χ1v) is 10.9. The molecule has 0 aliphatic heterocycles. The maximum atomic E-state index is 13.7. The largest absolute Gasteiger partial charge is 0.425 e. The van der Waals surface area contributed by atoms with Gasteiger partial charge in [0.25, 0.3) is 0 Å². The third kappa shape index (κ3) is 2.58. The van der Waals surface area contributed by atoms with E-state index in [2.05, 4.69) is 18.2 Å². The Kier molecular flexibility index (Phi) is 3.86. The number of fused-ring (bicyclic) bond motifs is 2. The zero-order valence-corrected chi connectivity index (χ0v) is 17.5. The van der Waals surface area contributed by atoms with Crippen LogP contribution in [-0.4, -0.2) is 5.97 Å². The van der Waals surface area contributed by atoms with Crippen molar-refractivity contribution >= 4 is 59.0 Å². The molecule has 148 valence electrons. The minimum Gasteiger partial charge on any atom is -0.425 e. The highest BCUT2D eigenvalue weighted by Gasteiger charge is 2.23. The summed E-state index contributed by atoms with van der Waals surface area (Å²) >= 11 is 1.71. The summed E-state index contributed by atoms with van der Waals surface area (Å²) in [5.74, 6) is -0.108. The van der Waals surface area contributed by atoms with Gasteiger partial charge in [-0.3, -0.25) is 9.59 Å². The van der Waals surface area contributed by atoms with Crippen molar-refractivity contribution in [1.29, 1.82) is 0 Å². The molecule has 5 aromatic carbocycles. The number of ether oxygens (including phenoxy) is 1. The van der Waals surface area contributed by atoms with Crippen LogP contribution < -0.4 is 10.2 Å². The van der Waals surface area contributed by atoms with Gasteiger partial charge in [0.05, 0.1) is 5.56 Å². The number of hydrogen-bond acceptors (Lipinski definition) is 4. The summed E-state index contributed by atoms with van der Waals surface area (Å²) in [5, 5.41) is 5.59. The van der Waals surface area contributed by atoms with Gasteiger partial charge in [0, 0.05) is 37.9 Å². The first kappa shape index (κ1) is 18.0. The predicted octanol–water partition coefficient (Wildman–Crippen LogP) is 6.75. The minimum absolute atomic E-state index is 0.123. The molecule has 4 heteroatoms. The van der Waals surface area contributed by atoms with Gasteiger partial charge in [-0.1, -0.05) is 54.6 Å². The van der Waals surface area contributed by atoms with Gasteiger partial charge >= 0.3 is 5.97 Å². The fraction of sp³-hybridized carbons (Fsp3) is 0.0370. The van der Waals surface area contributed by atoms with E-state index >= 15 is 0 Å². The summed E-state index contributed by atoms with van der Waals surface area (Å²) < 4.78 is 7.99. The van der Waals surface area contributed by atoms with E-state index in [0.717, 1.165) is 37.2 Å². The molecule has 1 aromatic heterocycles. The molecule has 0 radical (unpaired) electrons. The topological polar surface area (TPSA) is 43.4 Å². The highest BCUT2D eigenvalue weighted by molar-refractivity contribution is 7.25. The molecular formula is C27H16O3S. The van der Waals surface area contributed by atoms with Crippen LogP contribution in [0.15, 0.2) is 83.7 Å². The van der Waals surface area contributed by atoms with Crippen molar-refractivity contribution in [3.63, 3.8) is 0 Å². The molecule has 0 N–H and O–H groups in total. The van der Waals surface area contributed by atoms with Crippen LogP contribution in [0.3, 0.4) is 0 Å². The Morgan fingerprint density at radius 2 is 1.42 bits per heavy atom. The Hall–Kier alpha value is -3.76. The van der Waals surface area contributed by atoms with E-state index < -0.39 is 5.97 Å². The zero-order chi connectivity index (χ0) is 21.1. The van der Waals surface area contributed by atoms with Gasteiger partial charge in [-0.05, 0) is 40.6 Å². The molecule has 0 atom stereocenters. The summed E-state index contributed by atoms with van der Waals surface area (Å²) in [6.07, 6.45) is 0. The Bertz CT molecular complexity index is 1700. The highest BCUT2D eigenvalue weighted by Crippen LogP contribution is 2.44. The molecule has 0 amide bonds. The summed E-state index contributed by atoms with van der Waals surface area (Å²) in [6.45, 7) is 1.37. The number of hydrogen-bond donors (Lipinski definition) is 0. The van der Waals surface area contributed by atoms with Crippen LogP contribution in [0.5, 0.6) is 5.75 Å². The Balaban J connectivity index is 1.87. The van der Waals surface area contributed by atoms with E-state index in [-0.39, 0.29) is 5.43 Å². The smallest absolute Gasteiger partial charge is 0.308 e. The molecule has 0 unspecified atom stereocenters. The molecule has 1 heterocycles. The van der Waals surface area contributed by atoms with Crippen molar-refractivity contribution < 1.29 is 9.53 Å². The van der Waals surface area contributed by atoms with Gasteiger partial charge in [-0.25, -0.2) is 0 Å². The molecule has 0 saturated carbocycles. The van der Waals surface area contributed by atoms with Crippen LogP contribution in [0.2, 0.25) is 0 Å². The summed E-state index contributed by atoms with van der Waals surface area (Å²) in [5.41, 5.74) is 1.04. The average molecular weight is 420 g/mol. The van der Waals surface area contributed by atoms with Crippen LogP contribution in [-0.2, 0) is 4.79 Å². The van der Waals surface area contributed by atoms with Crippen molar-refractivity contribution in [2.24, 2.45) is 0 Å². The number of rotatable bonds is 2. The minimum atomic E-state index is -0.445. The molecule has 0 aliphatic carbocycles. The number of carbonyl (C=O) groups excluding carboxylic acids is 1. The van der Waals surface area contributed by atoms with E-state index in [1.807, 2.05) is 60.7 Å². The molecule has 0 aliphatic rings. The van der Waals surface area contributed by atoms with Crippen LogP contribution in [0.25, 0.3) is 52.8 Å². The Labute approximate surface area is 181 Å². The quantitative estimate of drug-likeness (QED) is 0.135. The number of carbonyl (C=O) groups is 1. The fourth-order valence-corrected chi connectivity index (χ4v) is 5.66. The van der Waals surface area contributed by atoms with Crippen LogP contribution >= 0.6 is 11.3 Å². The zero-order valence-electron chi connectivity index (χ0n) is 16.6. The molecule has 6 aromatic rings. The molecule has 6 rings (SSSR count). The number of esters is 1. The lowest BCUT2D eigenvalue weighted by Crippen LogP contribution is -2.12. The van der Waals surface area contributed by atoms with Crippen LogP contribution in [0.4, 0.5) is 0 Å². The van der Waals surface area contributed by atoms with Crippen molar-refractivity contribution in [1.82, 2.24) is 0 Å². The first-order chi connectivity index (χ1) is 15.1. The summed E-state index contributed by atoms with van der Waals surface area (Å²) in [6, 6.07) is 25.7. The van der Waals surface area contributed by atoms with Crippen molar-refractivity contribution in [2.75, 3.05) is 0 Å². The molecule has 0 saturated heterocycles. The monoisotopic (exact) mass is 420 g/mol. The van der Waals surface area contributed by atoms with Crippen LogP contribution in [0, 0.1) is 0 Å². The molecular weight excluding hydrogens is 404 g/mol. The second kappa shape index (κ2) is 6.62. The molecule has 0 spiro atoms. The van der Waals surface area contributed by atoms with E-state index in [0.29, 0.717) is 16.7 Å². The molecule has 3 nitrogen and oxygen atoms in total. The second-order valence-electron chi connectivity index (χ2n) is 7.61. The maximum Gasteiger partial charge on any atom is 0.308 e. The van der Waals surface area contributed by atoms with Crippen LogP contribution in [0.1, 0.15) is 6.92 Å². The van der Waals surface area contributed by atoms with Gasteiger partial charge in [0.15, 0.2) is 5.43 Å². The maximum absolute atomic E-state index is 13.7. The van der Waals surface area contributed by atoms with E-state index in [9.17, 15) is 9.59 Å². The molecule has 0 fully saturated rings. The van der Waals surface area contributed by atoms with E-state index in [1.54, 1.807) is 11.3 Å². The lowest BCUT2D eigenvalue weighted by molar-refractivity contribution is -0.131. The van der Waals surface area contributed by atoms with Crippen molar-refractivity contribution in [2.45, 2.75) is 6.92 Å². The lowest BCUT2D eigenvalue weighted by Gasteiger charge is -2.17. The normalized spacial score (nSPS) is 11.6. The third-order valence-electron chi connectivity index (χ3n) is 5.77. The summed E-state index contributed by atoms with van der Waals surface area (Å²) in [7, 11) is 0. The SMILES string of the molecule is CC(=O)Oc1c(-c2ccccc2)c(=O)c2ccc3c4ccccc4sc4ccc1c2c43. The first-order valence-electron chi connectivity index (χ1n) is 10.0. The van der Waals surface area contributed by atoms with Gasteiger partial charge in [0.2, 0.25) is 0 Å². The van der Waals surface area contributed by atoms with Crippen molar-refractivity contribution in [3.8, 4) is 16.9 Å². The lowest BCUT2D eigenvalue weighted by atomic mass is 9.91. The van der Waals surface area contributed by atoms with E-state index in [1.165, 1.54) is 11.6 Å².